The van der Waals surface area contributed by atoms with Gasteiger partial charge in [0, 0.05) is 20.9 Å². The van der Waals surface area contributed by atoms with Gasteiger partial charge in [-0.05, 0) is 47.8 Å². The molecule has 0 unspecified atom stereocenters. The van der Waals surface area contributed by atoms with Gasteiger partial charge in [-0.3, -0.25) is 9.59 Å². The molecule has 0 saturated carbocycles. The minimum atomic E-state index is 0.0105. The second-order valence-electron chi connectivity index (χ2n) is 4.98. The second-order valence-corrected chi connectivity index (χ2v) is 7.08. The zero-order chi connectivity index (χ0) is 16.8. The van der Waals surface area contributed by atoms with Crippen molar-refractivity contribution in [3.63, 3.8) is 0 Å². The standard InChI is InChI=1S/C20H14O2S2/c21-19(15-7-3-1-4-8-15)23-17-11-13-18(14-12-17)24-20(22)16-9-5-2-6-10-16/h1-14H. The van der Waals surface area contributed by atoms with Gasteiger partial charge in [0.2, 0.25) is 10.2 Å². The van der Waals surface area contributed by atoms with Gasteiger partial charge in [0.05, 0.1) is 0 Å². The highest BCUT2D eigenvalue weighted by Crippen LogP contribution is 2.27. The van der Waals surface area contributed by atoms with E-state index < -0.39 is 0 Å². The topological polar surface area (TPSA) is 34.1 Å². The number of rotatable bonds is 4. The molecule has 3 aromatic carbocycles. The normalized spacial score (nSPS) is 10.3. The summed E-state index contributed by atoms with van der Waals surface area (Å²) in [5.41, 5.74) is 1.36. The molecular formula is C20H14O2S2. The summed E-state index contributed by atoms with van der Waals surface area (Å²) < 4.78 is 0. The van der Waals surface area contributed by atoms with Crippen LogP contribution in [0.25, 0.3) is 0 Å². The molecule has 0 amide bonds. The first-order valence-electron chi connectivity index (χ1n) is 7.37. The lowest BCUT2D eigenvalue weighted by Crippen LogP contribution is -1.93. The summed E-state index contributed by atoms with van der Waals surface area (Å²) in [6, 6.07) is 25.9. The van der Waals surface area contributed by atoms with Crippen LogP contribution in [0.4, 0.5) is 0 Å². The monoisotopic (exact) mass is 350 g/mol. The van der Waals surface area contributed by atoms with Crippen molar-refractivity contribution in [3.05, 3.63) is 96.1 Å². The Morgan fingerprint density at radius 3 is 1.17 bits per heavy atom. The molecule has 118 valence electrons. The molecule has 4 heteroatoms. The number of benzene rings is 3. The van der Waals surface area contributed by atoms with Gasteiger partial charge in [-0.15, -0.1) is 0 Å². The van der Waals surface area contributed by atoms with Crippen LogP contribution in [-0.2, 0) is 0 Å². The van der Waals surface area contributed by atoms with Crippen LogP contribution in [0.5, 0.6) is 0 Å². The zero-order valence-corrected chi connectivity index (χ0v) is 14.3. The summed E-state index contributed by atoms with van der Waals surface area (Å²) in [5.74, 6) is 0. The van der Waals surface area contributed by atoms with Crippen LogP contribution in [-0.4, -0.2) is 10.2 Å². The molecule has 2 nitrogen and oxygen atoms in total. The number of thioether (sulfide) groups is 2. The molecule has 0 radical (unpaired) electrons. The fourth-order valence-electron chi connectivity index (χ4n) is 2.06. The molecule has 0 fully saturated rings. The van der Waals surface area contributed by atoms with Gasteiger partial charge in [-0.25, -0.2) is 0 Å². The third-order valence-electron chi connectivity index (χ3n) is 3.26. The van der Waals surface area contributed by atoms with E-state index >= 15 is 0 Å². The van der Waals surface area contributed by atoms with Gasteiger partial charge < -0.3 is 0 Å². The molecule has 3 aromatic rings. The molecule has 0 aliphatic rings. The van der Waals surface area contributed by atoms with Crippen molar-refractivity contribution in [1.82, 2.24) is 0 Å². The number of carbonyl (C=O) groups is 2. The van der Waals surface area contributed by atoms with Crippen molar-refractivity contribution in [2.75, 3.05) is 0 Å². The third-order valence-corrected chi connectivity index (χ3v) is 5.12. The number of hydrogen-bond donors (Lipinski definition) is 0. The van der Waals surface area contributed by atoms with Crippen LogP contribution in [0, 0.1) is 0 Å². The molecule has 0 aliphatic heterocycles. The minimum absolute atomic E-state index is 0.0105. The van der Waals surface area contributed by atoms with Crippen LogP contribution >= 0.6 is 23.5 Å². The van der Waals surface area contributed by atoms with E-state index in [1.807, 2.05) is 60.7 Å². The Balaban J connectivity index is 1.63. The number of carbonyl (C=O) groups excluding carboxylic acids is 2. The van der Waals surface area contributed by atoms with E-state index in [-0.39, 0.29) is 10.2 Å². The van der Waals surface area contributed by atoms with Crippen molar-refractivity contribution in [2.24, 2.45) is 0 Å². The molecule has 0 N–H and O–H groups in total. The van der Waals surface area contributed by atoms with E-state index in [1.165, 1.54) is 23.5 Å². The van der Waals surface area contributed by atoms with Gasteiger partial charge in [0.25, 0.3) is 0 Å². The maximum absolute atomic E-state index is 12.2. The molecule has 0 saturated heterocycles. The molecule has 24 heavy (non-hydrogen) atoms. The van der Waals surface area contributed by atoms with Crippen LogP contribution in [0.2, 0.25) is 0 Å². The second kappa shape index (κ2) is 7.99. The van der Waals surface area contributed by atoms with Gasteiger partial charge in [-0.1, -0.05) is 60.7 Å². The smallest absolute Gasteiger partial charge is 0.224 e. The first kappa shape index (κ1) is 16.6. The molecule has 0 aromatic heterocycles. The predicted molar refractivity (Wildman–Crippen MR) is 99.7 cm³/mol. The summed E-state index contributed by atoms with van der Waals surface area (Å²) in [5, 5.41) is 0.0210. The quantitative estimate of drug-likeness (QED) is 0.578. The summed E-state index contributed by atoms with van der Waals surface area (Å²) >= 11 is 2.38. The highest BCUT2D eigenvalue weighted by atomic mass is 32.2. The zero-order valence-electron chi connectivity index (χ0n) is 12.7. The summed E-state index contributed by atoms with van der Waals surface area (Å²) in [6.45, 7) is 0. The molecular weight excluding hydrogens is 336 g/mol. The number of hydrogen-bond acceptors (Lipinski definition) is 4. The Morgan fingerprint density at radius 2 is 0.833 bits per heavy atom. The minimum Gasteiger partial charge on any atom is -0.281 e. The fraction of sp³-hybridized carbons (Fsp3) is 0. The van der Waals surface area contributed by atoms with E-state index in [0.717, 1.165) is 9.79 Å². The average molecular weight is 350 g/mol. The molecule has 0 atom stereocenters. The van der Waals surface area contributed by atoms with E-state index in [9.17, 15) is 9.59 Å². The van der Waals surface area contributed by atoms with Crippen molar-refractivity contribution < 1.29 is 9.59 Å². The Bertz CT molecular complexity index is 756. The maximum Gasteiger partial charge on any atom is 0.224 e. The van der Waals surface area contributed by atoms with Crippen molar-refractivity contribution in [3.8, 4) is 0 Å². The molecule has 0 heterocycles. The van der Waals surface area contributed by atoms with Crippen LogP contribution in [0.3, 0.4) is 0 Å². The van der Waals surface area contributed by atoms with E-state index in [4.69, 9.17) is 0 Å². The first-order valence-corrected chi connectivity index (χ1v) is 9.00. The molecule has 0 aliphatic carbocycles. The van der Waals surface area contributed by atoms with Crippen LogP contribution in [0.1, 0.15) is 20.7 Å². The Hall–Kier alpha value is -2.30. The maximum atomic E-state index is 12.2. The third kappa shape index (κ3) is 4.37. The van der Waals surface area contributed by atoms with Crippen molar-refractivity contribution in [2.45, 2.75) is 9.79 Å². The highest BCUT2D eigenvalue weighted by molar-refractivity contribution is 8.14. The SMILES string of the molecule is O=C(Sc1ccc(SC(=O)c2ccccc2)cc1)c1ccccc1. The summed E-state index contributed by atoms with van der Waals surface area (Å²) in [7, 11) is 0. The van der Waals surface area contributed by atoms with Gasteiger partial charge in [-0.2, -0.15) is 0 Å². The molecule has 0 spiro atoms. The van der Waals surface area contributed by atoms with Gasteiger partial charge >= 0.3 is 0 Å². The predicted octanol–water partition coefficient (Wildman–Crippen LogP) is 5.55. The molecule has 3 rings (SSSR count). The highest BCUT2D eigenvalue weighted by Gasteiger charge is 2.10. The van der Waals surface area contributed by atoms with Crippen molar-refractivity contribution >= 4 is 33.8 Å². The van der Waals surface area contributed by atoms with E-state index in [1.54, 1.807) is 24.3 Å². The average Bonchev–Trinajstić information content (AvgIpc) is 2.65. The lowest BCUT2D eigenvalue weighted by Gasteiger charge is -2.04. The van der Waals surface area contributed by atoms with E-state index in [2.05, 4.69) is 0 Å². The van der Waals surface area contributed by atoms with E-state index in [0.29, 0.717) is 11.1 Å². The molecule has 0 bridgehead atoms. The Kier molecular flexibility index (Phi) is 5.51. The lowest BCUT2D eigenvalue weighted by molar-refractivity contribution is 0.108. The lowest BCUT2D eigenvalue weighted by atomic mass is 10.2. The van der Waals surface area contributed by atoms with Crippen molar-refractivity contribution in [1.29, 1.82) is 0 Å². The first-order chi connectivity index (χ1) is 11.7. The van der Waals surface area contributed by atoms with Gasteiger partial charge in [0.15, 0.2) is 0 Å². The summed E-state index contributed by atoms with van der Waals surface area (Å²) in [6.07, 6.45) is 0. The van der Waals surface area contributed by atoms with Crippen LogP contribution < -0.4 is 0 Å². The Morgan fingerprint density at radius 1 is 0.500 bits per heavy atom. The van der Waals surface area contributed by atoms with Gasteiger partial charge in [0.1, 0.15) is 0 Å². The Labute approximate surface area is 149 Å². The largest absolute Gasteiger partial charge is 0.281 e. The van der Waals surface area contributed by atoms with Crippen LogP contribution in [0.15, 0.2) is 94.7 Å². The summed E-state index contributed by atoms with van der Waals surface area (Å²) in [4.78, 5) is 26.1. The fourth-order valence-corrected chi connectivity index (χ4v) is 3.54.